The molecule has 0 aliphatic carbocycles. The Hall–Kier alpha value is -1.89. The lowest BCUT2D eigenvalue weighted by atomic mass is 9.93. The zero-order valence-electron chi connectivity index (χ0n) is 12.3. The fourth-order valence-electron chi connectivity index (χ4n) is 2.86. The molecule has 0 spiro atoms. The molecule has 1 heteroatoms. The van der Waals surface area contributed by atoms with E-state index < -0.39 is 0 Å². The van der Waals surface area contributed by atoms with Crippen LogP contribution in [0.4, 0.5) is 0 Å². The highest BCUT2D eigenvalue weighted by Crippen LogP contribution is 2.30. The summed E-state index contributed by atoms with van der Waals surface area (Å²) in [5.41, 5.74) is 8.94. The van der Waals surface area contributed by atoms with E-state index in [1.807, 2.05) is 0 Å². The van der Waals surface area contributed by atoms with E-state index in [-0.39, 0.29) is 0 Å². The van der Waals surface area contributed by atoms with Crippen LogP contribution in [0.3, 0.4) is 0 Å². The summed E-state index contributed by atoms with van der Waals surface area (Å²) in [6.07, 6.45) is 0. The fourth-order valence-corrected chi connectivity index (χ4v) is 2.86. The SMILES string of the molecule is Cc1c(C)c(C)c2nc3c(C)cccc3cc2c1C. The molecule has 0 N–H and O–H groups in total. The first-order valence-electron chi connectivity index (χ1n) is 6.77. The van der Waals surface area contributed by atoms with Gasteiger partial charge in [0, 0.05) is 10.8 Å². The first-order chi connectivity index (χ1) is 9.00. The lowest BCUT2D eigenvalue weighted by Gasteiger charge is -2.14. The van der Waals surface area contributed by atoms with E-state index in [0.29, 0.717) is 0 Å². The predicted molar refractivity (Wildman–Crippen MR) is 82.9 cm³/mol. The Bertz CT molecular complexity index is 813. The Morgan fingerprint density at radius 3 is 2.16 bits per heavy atom. The lowest BCUT2D eigenvalue weighted by Crippen LogP contribution is -1.97. The zero-order valence-corrected chi connectivity index (χ0v) is 12.3. The molecule has 1 nitrogen and oxygen atoms in total. The van der Waals surface area contributed by atoms with Crippen LogP contribution in [0.25, 0.3) is 21.8 Å². The highest BCUT2D eigenvalue weighted by molar-refractivity contribution is 5.97. The van der Waals surface area contributed by atoms with Crippen molar-refractivity contribution in [2.45, 2.75) is 34.6 Å². The number of aromatic nitrogens is 1. The molecule has 19 heavy (non-hydrogen) atoms. The van der Waals surface area contributed by atoms with Gasteiger partial charge in [0.2, 0.25) is 0 Å². The highest BCUT2D eigenvalue weighted by atomic mass is 14.7. The van der Waals surface area contributed by atoms with Crippen molar-refractivity contribution in [2.75, 3.05) is 0 Å². The van der Waals surface area contributed by atoms with Crippen LogP contribution in [-0.2, 0) is 0 Å². The van der Waals surface area contributed by atoms with Crippen LogP contribution < -0.4 is 0 Å². The number of aryl methyl sites for hydroxylation is 3. The van der Waals surface area contributed by atoms with Crippen molar-refractivity contribution in [1.82, 2.24) is 4.98 Å². The van der Waals surface area contributed by atoms with Gasteiger partial charge in [0.1, 0.15) is 0 Å². The summed E-state index contributed by atoms with van der Waals surface area (Å²) in [5.74, 6) is 0. The minimum absolute atomic E-state index is 1.13. The second-order valence-electron chi connectivity index (χ2n) is 5.53. The summed E-state index contributed by atoms with van der Waals surface area (Å²) < 4.78 is 0. The average Bonchev–Trinajstić information content (AvgIpc) is 2.42. The van der Waals surface area contributed by atoms with Gasteiger partial charge >= 0.3 is 0 Å². The number of hydrogen-bond acceptors (Lipinski definition) is 1. The van der Waals surface area contributed by atoms with Gasteiger partial charge in [-0.15, -0.1) is 0 Å². The molecule has 0 aliphatic rings. The Labute approximate surface area is 114 Å². The third kappa shape index (κ3) is 1.65. The van der Waals surface area contributed by atoms with Gasteiger partial charge in [0.25, 0.3) is 0 Å². The van der Waals surface area contributed by atoms with E-state index in [4.69, 9.17) is 4.98 Å². The second kappa shape index (κ2) is 4.06. The predicted octanol–water partition coefficient (Wildman–Crippen LogP) is 4.93. The van der Waals surface area contributed by atoms with Gasteiger partial charge in [-0.25, -0.2) is 4.98 Å². The lowest BCUT2D eigenvalue weighted by molar-refractivity contribution is 1.23. The van der Waals surface area contributed by atoms with E-state index in [9.17, 15) is 0 Å². The Morgan fingerprint density at radius 1 is 0.737 bits per heavy atom. The summed E-state index contributed by atoms with van der Waals surface area (Å²) in [7, 11) is 0. The van der Waals surface area contributed by atoms with Crippen molar-refractivity contribution in [3.8, 4) is 0 Å². The number of para-hydroxylation sites is 1. The molecule has 0 unspecified atom stereocenters. The number of pyridine rings is 1. The van der Waals surface area contributed by atoms with E-state index in [0.717, 1.165) is 11.0 Å². The van der Waals surface area contributed by atoms with Crippen molar-refractivity contribution < 1.29 is 0 Å². The summed E-state index contributed by atoms with van der Waals surface area (Å²) in [4.78, 5) is 4.94. The van der Waals surface area contributed by atoms with Crippen LogP contribution in [-0.4, -0.2) is 4.98 Å². The molecular formula is C18H19N. The smallest absolute Gasteiger partial charge is 0.0744 e. The molecule has 96 valence electrons. The average molecular weight is 249 g/mol. The van der Waals surface area contributed by atoms with Crippen molar-refractivity contribution in [3.63, 3.8) is 0 Å². The monoisotopic (exact) mass is 249 g/mol. The maximum atomic E-state index is 4.94. The van der Waals surface area contributed by atoms with Crippen molar-refractivity contribution in [3.05, 3.63) is 52.1 Å². The number of nitrogens with zero attached hydrogens (tertiary/aromatic N) is 1. The van der Waals surface area contributed by atoms with Gasteiger partial charge in [0.15, 0.2) is 0 Å². The van der Waals surface area contributed by atoms with Crippen molar-refractivity contribution in [1.29, 1.82) is 0 Å². The minimum Gasteiger partial charge on any atom is -0.247 e. The van der Waals surface area contributed by atoms with Crippen LogP contribution in [0.15, 0.2) is 24.3 Å². The molecule has 0 bridgehead atoms. The van der Waals surface area contributed by atoms with E-state index in [1.165, 1.54) is 38.6 Å². The number of rotatable bonds is 0. The standard InChI is InChI=1S/C18H19N/c1-10-7-6-8-15-9-16-13(4)11(2)12(3)14(5)18(16)19-17(10)15/h6-9H,1-5H3. The molecule has 3 rings (SSSR count). The Morgan fingerprint density at radius 2 is 1.42 bits per heavy atom. The van der Waals surface area contributed by atoms with E-state index in [1.54, 1.807) is 0 Å². The first kappa shape index (κ1) is 12.2. The molecule has 0 amide bonds. The molecule has 1 heterocycles. The molecule has 0 atom stereocenters. The highest BCUT2D eigenvalue weighted by Gasteiger charge is 2.11. The third-order valence-corrected chi connectivity index (χ3v) is 4.49. The summed E-state index contributed by atoms with van der Waals surface area (Å²) >= 11 is 0. The minimum atomic E-state index is 1.13. The molecule has 0 saturated carbocycles. The largest absolute Gasteiger partial charge is 0.247 e. The normalized spacial score (nSPS) is 11.4. The van der Waals surface area contributed by atoms with Crippen LogP contribution in [0.2, 0.25) is 0 Å². The van der Waals surface area contributed by atoms with Gasteiger partial charge in [0.05, 0.1) is 11.0 Å². The third-order valence-electron chi connectivity index (χ3n) is 4.49. The maximum Gasteiger partial charge on any atom is 0.0744 e. The van der Waals surface area contributed by atoms with Crippen LogP contribution in [0.1, 0.15) is 27.8 Å². The van der Waals surface area contributed by atoms with Crippen LogP contribution in [0.5, 0.6) is 0 Å². The molecule has 2 aromatic carbocycles. The Balaban J connectivity index is 2.59. The first-order valence-corrected chi connectivity index (χ1v) is 6.77. The van der Waals surface area contributed by atoms with Gasteiger partial charge in [-0.05, 0) is 68.5 Å². The molecule has 0 saturated heterocycles. The molecular weight excluding hydrogens is 230 g/mol. The van der Waals surface area contributed by atoms with Gasteiger partial charge in [-0.2, -0.15) is 0 Å². The van der Waals surface area contributed by atoms with E-state index >= 15 is 0 Å². The van der Waals surface area contributed by atoms with Gasteiger partial charge in [-0.1, -0.05) is 18.2 Å². The van der Waals surface area contributed by atoms with E-state index in [2.05, 4.69) is 58.9 Å². The van der Waals surface area contributed by atoms with Crippen LogP contribution in [0, 0.1) is 34.6 Å². The molecule has 1 aromatic heterocycles. The zero-order chi connectivity index (χ0) is 13.7. The number of fused-ring (bicyclic) bond motifs is 2. The summed E-state index contributed by atoms with van der Waals surface area (Å²) in [5, 5.41) is 2.52. The molecule has 0 aliphatic heterocycles. The molecule has 0 radical (unpaired) electrons. The number of benzene rings is 2. The summed E-state index contributed by atoms with van der Waals surface area (Å²) in [6.45, 7) is 10.9. The number of hydrogen-bond donors (Lipinski definition) is 0. The summed E-state index contributed by atoms with van der Waals surface area (Å²) in [6, 6.07) is 8.68. The van der Waals surface area contributed by atoms with Gasteiger partial charge < -0.3 is 0 Å². The Kier molecular flexibility index (Phi) is 2.60. The van der Waals surface area contributed by atoms with Crippen molar-refractivity contribution >= 4 is 21.8 Å². The fraction of sp³-hybridized carbons (Fsp3) is 0.278. The topological polar surface area (TPSA) is 12.9 Å². The molecule has 0 fully saturated rings. The molecule has 3 aromatic rings. The maximum absolute atomic E-state index is 4.94. The quantitative estimate of drug-likeness (QED) is 0.515. The second-order valence-corrected chi connectivity index (χ2v) is 5.53. The van der Waals surface area contributed by atoms with Crippen molar-refractivity contribution in [2.24, 2.45) is 0 Å². The van der Waals surface area contributed by atoms with Gasteiger partial charge in [-0.3, -0.25) is 0 Å². The van der Waals surface area contributed by atoms with Crippen LogP contribution >= 0.6 is 0 Å².